The monoisotopic (exact) mass is 312 g/mol. The van der Waals surface area contributed by atoms with Crippen molar-refractivity contribution < 1.29 is 0 Å². The molecule has 136 valence electrons. The highest BCUT2D eigenvalue weighted by Crippen LogP contribution is 2.51. The molecule has 0 saturated carbocycles. The molecular weight excluding hydrogens is 264 g/mol. The lowest BCUT2D eigenvalue weighted by molar-refractivity contribution is 0.00566. The summed E-state index contributed by atoms with van der Waals surface area (Å²) in [5, 5.41) is 0. The maximum Gasteiger partial charge on any atom is -0.0257 e. The summed E-state index contributed by atoms with van der Waals surface area (Å²) in [6.45, 7) is 37.2. The summed E-state index contributed by atoms with van der Waals surface area (Å²) >= 11 is 0. The molecular formula is C22H48. The van der Waals surface area contributed by atoms with Crippen LogP contribution in [0, 0.1) is 32.5 Å². The van der Waals surface area contributed by atoms with Crippen molar-refractivity contribution in [3.63, 3.8) is 0 Å². The number of hydrogen-bond donors (Lipinski definition) is 0. The summed E-state index contributed by atoms with van der Waals surface area (Å²) in [6, 6.07) is 0. The van der Waals surface area contributed by atoms with E-state index >= 15 is 0 Å². The Labute approximate surface area is 143 Å². The molecule has 0 heteroatoms. The van der Waals surface area contributed by atoms with Gasteiger partial charge in [-0.05, 0) is 32.5 Å². The number of hydrogen-bond acceptors (Lipinski definition) is 0. The summed E-state index contributed by atoms with van der Waals surface area (Å²) in [5.41, 5.74) is 2.27. The molecule has 0 saturated heterocycles. The largest absolute Gasteiger partial charge is 0.0596 e. The summed E-state index contributed by atoms with van der Waals surface area (Å²) in [5.74, 6) is 0. The zero-order chi connectivity index (χ0) is 19.0. The van der Waals surface area contributed by atoms with Crippen molar-refractivity contribution in [2.75, 3.05) is 0 Å². The molecule has 0 aliphatic carbocycles. The van der Waals surface area contributed by atoms with Gasteiger partial charge < -0.3 is 0 Å². The Morgan fingerprint density at radius 3 is 0.318 bits per heavy atom. The first kappa shape index (κ1) is 24.3. The van der Waals surface area contributed by atoms with Gasteiger partial charge in [0.15, 0.2) is 0 Å². The van der Waals surface area contributed by atoms with E-state index in [2.05, 4.69) is 111 Å². The fourth-order valence-corrected chi connectivity index (χ4v) is 2.25. The predicted octanol–water partition coefficient (Wildman–Crippen LogP) is 8.21. The van der Waals surface area contributed by atoms with Crippen molar-refractivity contribution in [3.8, 4) is 0 Å². The molecule has 0 bridgehead atoms. The van der Waals surface area contributed by atoms with Crippen LogP contribution >= 0.6 is 0 Å². The second-order valence-electron chi connectivity index (χ2n) is 12.2. The predicted molar refractivity (Wildman–Crippen MR) is 105 cm³/mol. The van der Waals surface area contributed by atoms with Gasteiger partial charge in [0.05, 0.1) is 0 Å². The SMILES string of the molecule is CC(C)(C)C(C)(C)C(C)(C)C.CC(C)(C)C(C)(C)C(C)(C)C. The summed E-state index contributed by atoms with van der Waals surface area (Å²) in [6.07, 6.45) is 0. The molecule has 0 aliphatic heterocycles. The third-order valence-electron chi connectivity index (χ3n) is 7.50. The molecule has 0 heterocycles. The van der Waals surface area contributed by atoms with Gasteiger partial charge in [0.25, 0.3) is 0 Å². The molecule has 0 nitrogen and oxygen atoms in total. The lowest BCUT2D eigenvalue weighted by Gasteiger charge is -2.49. The fraction of sp³-hybridized carbons (Fsp3) is 1.00. The normalized spacial score (nSPS) is 15.3. The average Bonchev–Trinajstić information content (AvgIpc) is 2.10. The van der Waals surface area contributed by atoms with Crippen molar-refractivity contribution in [1.82, 2.24) is 0 Å². The highest BCUT2D eigenvalue weighted by atomic mass is 14.5. The lowest BCUT2D eigenvalue weighted by Crippen LogP contribution is -2.41. The van der Waals surface area contributed by atoms with Crippen LogP contribution in [-0.2, 0) is 0 Å². The topological polar surface area (TPSA) is 0 Å². The van der Waals surface area contributed by atoms with Crippen molar-refractivity contribution in [3.05, 3.63) is 0 Å². The van der Waals surface area contributed by atoms with Crippen molar-refractivity contribution >= 4 is 0 Å². The van der Waals surface area contributed by atoms with E-state index in [1.165, 1.54) is 0 Å². The number of rotatable bonds is 0. The van der Waals surface area contributed by atoms with E-state index in [1.54, 1.807) is 0 Å². The molecule has 0 aromatic heterocycles. The van der Waals surface area contributed by atoms with E-state index in [0.29, 0.717) is 32.5 Å². The Bertz CT molecular complexity index is 258. The fourth-order valence-electron chi connectivity index (χ4n) is 2.25. The summed E-state index contributed by atoms with van der Waals surface area (Å²) in [7, 11) is 0. The quantitative estimate of drug-likeness (QED) is 0.422. The lowest BCUT2D eigenvalue weighted by atomic mass is 9.56. The second kappa shape index (κ2) is 6.48. The highest BCUT2D eigenvalue weighted by molar-refractivity contribution is 4.92. The summed E-state index contributed by atoms with van der Waals surface area (Å²) < 4.78 is 0. The van der Waals surface area contributed by atoms with Gasteiger partial charge in [-0.3, -0.25) is 0 Å². The maximum absolute atomic E-state index is 2.35. The van der Waals surface area contributed by atoms with E-state index < -0.39 is 0 Å². The minimum Gasteiger partial charge on any atom is -0.0596 e. The molecule has 0 spiro atoms. The van der Waals surface area contributed by atoms with Crippen LogP contribution in [0.5, 0.6) is 0 Å². The first-order chi connectivity index (χ1) is 9.00. The van der Waals surface area contributed by atoms with E-state index in [-0.39, 0.29) is 0 Å². The highest BCUT2D eigenvalue weighted by Gasteiger charge is 2.43. The van der Waals surface area contributed by atoms with Gasteiger partial charge in [0, 0.05) is 0 Å². The first-order valence-corrected chi connectivity index (χ1v) is 9.00. The van der Waals surface area contributed by atoms with Gasteiger partial charge >= 0.3 is 0 Å². The zero-order valence-corrected chi connectivity index (χ0v) is 19.0. The zero-order valence-electron chi connectivity index (χ0n) is 19.0. The van der Waals surface area contributed by atoms with Gasteiger partial charge in [-0.25, -0.2) is 0 Å². The maximum atomic E-state index is 2.35. The molecule has 0 aromatic rings. The van der Waals surface area contributed by atoms with Crippen LogP contribution in [0.3, 0.4) is 0 Å². The second-order valence-corrected chi connectivity index (χ2v) is 12.2. The van der Waals surface area contributed by atoms with Crippen LogP contribution in [0.25, 0.3) is 0 Å². The van der Waals surface area contributed by atoms with Crippen LogP contribution in [0.1, 0.15) is 111 Å². The summed E-state index contributed by atoms with van der Waals surface area (Å²) in [4.78, 5) is 0. The van der Waals surface area contributed by atoms with E-state index in [9.17, 15) is 0 Å². The Balaban J connectivity index is 0. The van der Waals surface area contributed by atoms with E-state index in [0.717, 1.165) is 0 Å². The van der Waals surface area contributed by atoms with Crippen LogP contribution in [-0.4, -0.2) is 0 Å². The van der Waals surface area contributed by atoms with Crippen LogP contribution in [0.4, 0.5) is 0 Å². The van der Waals surface area contributed by atoms with Crippen molar-refractivity contribution in [2.24, 2.45) is 32.5 Å². The third-order valence-corrected chi connectivity index (χ3v) is 7.50. The third kappa shape index (κ3) is 5.57. The van der Waals surface area contributed by atoms with Gasteiger partial charge in [0.2, 0.25) is 0 Å². The van der Waals surface area contributed by atoms with Gasteiger partial charge in [0.1, 0.15) is 0 Å². The Kier molecular flexibility index (Phi) is 7.15. The van der Waals surface area contributed by atoms with Crippen LogP contribution in [0.2, 0.25) is 0 Å². The van der Waals surface area contributed by atoms with Crippen LogP contribution < -0.4 is 0 Å². The molecule has 0 unspecified atom stereocenters. The first-order valence-electron chi connectivity index (χ1n) is 9.00. The van der Waals surface area contributed by atoms with E-state index in [1.807, 2.05) is 0 Å². The molecule has 0 N–H and O–H groups in total. The van der Waals surface area contributed by atoms with Gasteiger partial charge in [-0.2, -0.15) is 0 Å². The molecule has 0 aliphatic rings. The van der Waals surface area contributed by atoms with E-state index in [4.69, 9.17) is 0 Å². The standard InChI is InChI=1S/2C11H24/c2*1-9(2,3)11(7,8)10(4,5)6/h2*1-8H3. The van der Waals surface area contributed by atoms with Crippen molar-refractivity contribution in [2.45, 2.75) is 111 Å². The smallest absolute Gasteiger partial charge is 0.0257 e. The Morgan fingerprint density at radius 2 is 0.318 bits per heavy atom. The molecule has 0 fully saturated rings. The molecule has 0 radical (unpaired) electrons. The molecule has 0 rings (SSSR count). The Morgan fingerprint density at radius 1 is 0.227 bits per heavy atom. The molecule has 0 amide bonds. The van der Waals surface area contributed by atoms with Gasteiger partial charge in [-0.1, -0.05) is 111 Å². The van der Waals surface area contributed by atoms with Gasteiger partial charge in [-0.15, -0.1) is 0 Å². The minimum atomic E-state index is 0.375. The average molecular weight is 313 g/mol. The molecule has 22 heavy (non-hydrogen) atoms. The molecule has 0 atom stereocenters. The molecule has 0 aromatic carbocycles. The van der Waals surface area contributed by atoms with Crippen molar-refractivity contribution in [1.29, 1.82) is 0 Å². The van der Waals surface area contributed by atoms with Crippen LogP contribution in [0.15, 0.2) is 0 Å². The minimum absolute atomic E-state index is 0.375. The Hall–Kier alpha value is 0.